The Morgan fingerprint density at radius 2 is 2.19 bits per heavy atom. The molecule has 4 nitrogen and oxygen atoms in total. The summed E-state index contributed by atoms with van der Waals surface area (Å²) >= 11 is 5.90. The summed E-state index contributed by atoms with van der Waals surface area (Å²) in [6.07, 6.45) is 6.69. The van der Waals surface area contributed by atoms with Gasteiger partial charge in [-0.3, -0.25) is 4.79 Å². The van der Waals surface area contributed by atoms with E-state index < -0.39 is 0 Å². The number of carbonyl (C=O) groups excluding carboxylic acids is 1. The van der Waals surface area contributed by atoms with E-state index >= 15 is 0 Å². The van der Waals surface area contributed by atoms with Gasteiger partial charge in [0.05, 0.1) is 23.2 Å². The van der Waals surface area contributed by atoms with Gasteiger partial charge in [0, 0.05) is 31.5 Å². The third-order valence-electron chi connectivity index (χ3n) is 7.42. The van der Waals surface area contributed by atoms with E-state index in [1.807, 2.05) is 0 Å². The van der Waals surface area contributed by atoms with Crippen molar-refractivity contribution in [2.75, 3.05) is 18.5 Å². The van der Waals surface area contributed by atoms with Crippen molar-refractivity contribution in [3.63, 3.8) is 0 Å². The van der Waals surface area contributed by atoms with E-state index in [4.69, 9.17) is 17.0 Å². The molecule has 1 aromatic rings. The second-order valence-electron chi connectivity index (χ2n) is 8.55. The maximum Gasteiger partial charge on any atom is 0.302 e. The van der Waals surface area contributed by atoms with Crippen molar-refractivity contribution >= 4 is 28.9 Å². The molecule has 1 saturated carbocycles. The Labute approximate surface area is 160 Å². The van der Waals surface area contributed by atoms with Crippen molar-refractivity contribution in [3.05, 3.63) is 29.8 Å². The number of anilines is 1. The van der Waals surface area contributed by atoms with Gasteiger partial charge < -0.3 is 15.0 Å². The number of nitrogens with zero attached hydrogens (tertiary/aromatic N) is 1. The summed E-state index contributed by atoms with van der Waals surface area (Å²) in [6, 6.07) is 9.19. The van der Waals surface area contributed by atoms with Crippen LogP contribution >= 0.6 is 12.2 Å². The van der Waals surface area contributed by atoms with E-state index in [2.05, 4.69) is 34.5 Å². The molecule has 0 amide bonds. The van der Waals surface area contributed by atoms with Gasteiger partial charge in [-0.1, -0.05) is 30.4 Å². The number of esters is 1. The molecule has 138 valence electrons. The quantitative estimate of drug-likeness (QED) is 0.646. The number of fused-ring (bicyclic) bond motifs is 2. The van der Waals surface area contributed by atoms with Gasteiger partial charge in [0.15, 0.2) is 0 Å². The van der Waals surface area contributed by atoms with Crippen molar-refractivity contribution in [1.82, 2.24) is 4.90 Å². The average Bonchev–Trinajstić information content (AvgIpc) is 3.12. The van der Waals surface area contributed by atoms with Crippen LogP contribution in [0.1, 0.15) is 56.9 Å². The first kappa shape index (κ1) is 16.5. The maximum absolute atomic E-state index is 11.3. The fourth-order valence-corrected chi connectivity index (χ4v) is 6.90. The Balaban J connectivity index is 1.54. The standard InChI is InChI=1S/C21H26N2O2S/c1-14(24)25-12-10-20-7-4-11-23-18(26)13-16-15-5-2-3-6-17(15)22-21(16,9-8-20)19(20)23/h2-3,5-6,16,19,22H,4,7-13H2,1H3/t16-,19-,20-,21+/m1/s1. The zero-order chi connectivity index (χ0) is 17.9. The Bertz CT molecular complexity index is 781. The Morgan fingerprint density at radius 1 is 1.35 bits per heavy atom. The molecule has 26 heavy (non-hydrogen) atoms. The molecule has 1 aromatic carbocycles. The molecule has 5 rings (SSSR count). The first-order valence-electron chi connectivity index (χ1n) is 9.86. The van der Waals surface area contributed by atoms with Gasteiger partial charge in [-0.2, -0.15) is 0 Å². The highest BCUT2D eigenvalue weighted by molar-refractivity contribution is 7.80. The fourth-order valence-electron chi connectivity index (χ4n) is 6.54. The van der Waals surface area contributed by atoms with E-state index in [0.29, 0.717) is 18.6 Å². The van der Waals surface area contributed by atoms with Crippen LogP contribution in [0, 0.1) is 5.41 Å². The molecule has 0 bridgehead atoms. The molecule has 0 unspecified atom stereocenters. The van der Waals surface area contributed by atoms with Gasteiger partial charge in [0.1, 0.15) is 0 Å². The molecule has 4 atom stereocenters. The van der Waals surface area contributed by atoms with Crippen LogP contribution in [0.2, 0.25) is 0 Å². The summed E-state index contributed by atoms with van der Waals surface area (Å²) in [5, 5.41) is 3.98. The van der Waals surface area contributed by atoms with E-state index in [1.165, 1.54) is 43.9 Å². The van der Waals surface area contributed by atoms with Gasteiger partial charge in [-0.15, -0.1) is 0 Å². The van der Waals surface area contributed by atoms with Crippen LogP contribution in [-0.4, -0.2) is 40.6 Å². The monoisotopic (exact) mass is 370 g/mol. The highest BCUT2D eigenvalue weighted by Gasteiger charge is 2.67. The predicted octanol–water partition coefficient (Wildman–Crippen LogP) is 3.86. The summed E-state index contributed by atoms with van der Waals surface area (Å²) in [6.45, 7) is 3.10. The lowest BCUT2D eigenvalue weighted by Gasteiger charge is -2.57. The van der Waals surface area contributed by atoms with Gasteiger partial charge in [-0.25, -0.2) is 0 Å². The Kier molecular flexibility index (Phi) is 3.62. The zero-order valence-electron chi connectivity index (χ0n) is 15.3. The first-order valence-corrected chi connectivity index (χ1v) is 10.3. The Morgan fingerprint density at radius 3 is 3.04 bits per heavy atom. The van der Waals surface area contributed by atoms with Crippen LogP contribution in [0.3, 0.4) is 0 Å². The van der Waals surface area contributed by atoms with Crippen LogP contribution in [0.25, 0.3) is 0 Å². The molecular weight excluding hydrogens is 344 g/mol. The second kappa shape index (κ2) is 5.69. The smallest absolute Gasteiger partial charge is 0.302 e. The number of para-hydroxylation sites is 1. The second-order valence-corrected chi connectivity index (χ2v) is 9.03. The summed E-state index contributed by atoms with van der Waals surface area (Å²) in [5.41, 5.74) is 3.02. The number of hydrogen-bond acceptors (Lipinski definition) is 4. The van der Waals surface area contributed by atoms with Gasteiger partial charge >= 0.3 is 5.97 Å². The molecule has 3 fully saturated rings. The Hall–Kier alpha value is -1.62. The number of carbonyl (C=O) groups is 1. The van der Waals surface area contributed by atoms with E-state index in [0.717, 1.165) is 24.4 Å². The largest absolute Gasteiger partial charge is 0.466 e. The maximum atomic E-state index is 11.3. The number of piperidine rings is 2. The number of hydrogen-bond donors (Lipinski definition) is 1. The molecular formula is C21H26N2O2S. The first-order chi connectivity index (χ1) is 12.6. The molecule has 0 radical (unpaired) electrons. The predicted molar refractivity (Wildman–Crippen MR) is 105 cm³/mol. The number of nitrogens with one attached hydrogen (secondary N) is 1. The SMILES string of the molecule is CC(=O)OCC[C@@]12CCCN3C(=S)C[C@@H]4c5ccccc5N[C@]4(CC1)[C@H]32. The number of benzene rings is 1. The lowest BCUT2D eigenvalue weighted by molar-refractivity contribution is -0.142. The number of ether oxygens (including phenoxy) is 1. The summed E-state index contributed by atoms with van der Waals surface area (Å²) in [5.74, 6) is 0.298. The van der Waals surface area contributed by atoms with Crippen molar-refractivity contribution in [1.29, 1.82) is 0 Å². The van der Waals surface area contributed by atoms with Crippen LogP contribution in [-0.2, 0) is 9.53 Å². The summed E-state index contributed by atoms with van der Waals surface area (Å²) in [4.78, 5) is 15.0. The van der Waals surface area contributed by atoms with E-state index in [9.17, 15) is 4.79 Å². The van der Waals surface area contributed by atoms with Crippen molar-refractivity contribution in [2.24, 2.45) is 5.41 Å². The zero-order valence-corrected chi connectivity index (χ0v) is 16.1. The molecule has 2 saturated heterocycles. The molecule has 0 aromatic heterocycles. The topological polar surface area (TPSA) is 41.6 Å². The van der Waals surface area contributed by atoms with E-state index in [-0.39, 0.29) is 16.9 Å². The fraction of sp³-hybridized carbons (Fsp3) is 0.619. The minimum atomic E-state index is -0.176. The summed E-state index contributed by atoms with van der Waals surface area (Å²) in [7, 11) is 0. The highest BCUT2D eigenvalue weighted by Crippen LogP contribution is 2.64. The minimum Gasteiger partial charge on any atom is -0.466 e. The summed E-state index contributed by atoms with van der Waals surface area (Å²) < 4.78 is 5.36. The van der Waals surface area contributed by atoms with Crippen molar-refractivity contribution in [3.8, 4) is 0 Å². The third kappa shape index (κ3) is 2.13. The molecule has 1 aliphatic carbocycles. The molecule has 1 N–H and O–H groups in total. The average molecular weight is 371 g/mol. The lowest BCUT2D eigenvalue weighted by Crippen LogP contribution is -2.67. The molecule has 4 aliphatic rings. The highest BCUT2D eigenvalue weighted by atomic mass is 32.1. The van der Waals surface area contributed by atoms with Crippen LogP contribution in [0.5, 0.6) is 0 Å². The van der Waals surface area contributed by atoms with Gasteiger partial charge in [-0.05, 0) is 49.1 Å². The molecule has 3 aliphatic heterocycles. The van der Waals surface area contributed by atoms with Crippen molar-refractivity contribution in [2.45, 2.75) is 62.9 Å². The van der Waals surface area contributed by atoms with Crippen molar-refractivity contribution < 1.29 is 9.53 Å². The minimum absolute atomic E-state index is 0.0860. The normalized spacial score (nSPS) is 36.8. The van der Waals surface area contributed by atoms with E-state index in [1.54, 1.807) is 0 Å². The molecule has 1 spiro atoms. The lowest BCUT2D eigenvalue weighted by atomic mass is 9.64. The van der Waals surface area contributed by atoms with Crippen LogP contribution < -0.4 is 5.32 Å². The molecule has 5 heteroatoms. The van der Waals surface area contributed by atoms with Gasteiger partial charge in [0.25, 0.3) is 0 Å². The third-order valence-corrected chi connectivity index (χ3v) is 7.82. The number of thiocarbonyl (C=S) groups is 1. The number of rotatable bonds is 3. The van der Waals surface area contributed by atoms with Gasteiger partial charge in [0.2, 0.25) is 0 Å². The van der Waals surface area contributed by atoms with Crippen LogP contribution in [0.15, 0.2) is 24.3 Å². The molecule has 3 heterocycles. The van der Waals surface area contributed by atoms with Crippen LogP contribution in [0.4, 0.5) is 5.69 Å².